The molecule has 1 aliphatic heterocycles. The lowest BCUT2D eigenvalue weighted by molar-refractivity contribution is -0.277. The zero-order valence-electron chi connectivity index (χ0n) is 11.8. The van der Waals surface area contributed by atoms with Gasteiger partial charge in [-0.3, -0.25) is 4.79 Å². The molecule has 1 heterocycles. The molecule has 22 heavy (non-hydrogen) atoms. The van der Waals surface area contributed by atoms with Gasteiger partial charge in [0.25, 0.3) is 0 Å². The predicted octanol–water partition coefficient (Wildman–Crippen LogP) is -1.31. The van der Waals surface area contributed by atoms with E-state index in [1.54, 1.807) is 0 Å². The van der Waals surface area contributed by atoms with E-state index in [1.165, 1.54) is 25.3 Å². The second kappa shape index (κ2) is 7.03. The number of aldehydes is 1. The van der Waals surface area contributed by atoms with Gasteiger partial charge < -0.3 is 34.6 Å². The van der Waals surface area contributed by atoms with Crippen molar-refractivity contribution in [1.82, 2.24) is 0 Å². The highest BCUT2D eigenvalue weighted by Crippen LogP contribution is 2.28. The molecule has 1 aromatic rings. The number of aliphatic hydroxyl groups is 4. The number of hydrogen-bond donors (Lipinski definition) is 4. The molecular weight excluding hydrogens is 296 g/mol. The Kier molecular flexibility index (Phi) is 5.33. The SMILES string of the molecule is COc1cc(O[C@@H]2O[C@H](CO)[C@H](O)[C@H](O)[C@H]2O)ccc1C=O. The largest absolute Gasteiger partial charge is 0.496 e. The van der Waals surface area contributed by atoms with Crippen LogP contribution in [0.4, 0.5) is 0 Å². The quantitative estimate of drug-likeness (QED) is 0.493. The van der Waals surface area contributed by atoms with E-state index in [0.29, 0.717) is 11.8 Å². The van der Waals surface area contributed by atoms with Crippen LogP contribution in [0.25, 0.3) is 0 Å². The first-order valence-corrected chi connectivity index (χ1v) is 6.62. The predicted molar refractivity (Wildman–Crippen MR) is 72.8 cm³/mol. The van der Waals surface area contributed by atoms with Crippen molar-refractivity contribution in [2.75, 3.05) is 13.7 Å². The summed E-state index contributed by atoms with van der Waals surface area (Å²) in [7, 11) is 1.39. The van der Waals surface area contributed by atoms with Crippen molar-refractivity contribution in [3.8, 4) is 11.5 Å². The Morgan fingerprint density at radius 1 is 1.23 bits per heavy atom. The number of rotatable bonds is 5. The van der Waals surface area contributed by atoms with Gasteiger partial charge in [-0.25, -0.2) is 0 Å². The Labute approximate surface area is 126 Å². The van der Waals surface area contributed by atoms with Crippen LogP contribution in [-0.2, 0) is 4.74 Å². The maximum absolute atomic E-state index is 10.8. The smallest absolute Gasteiger partial charge is 0.229 e. The van der Waals surface area contributed by atoms with Crippen molar-refractivity contribution < 1.29 is 39.4 Å². The summed E-state index contributed by atoms with van der Waals surface area (Å²) in [6.07, 6.45) is -6.20. The molecule has 8 nitrogen and oxygen atoms in total. The van der Waals surface area contributed by atoms with Crippen molar-refractivity contribution in [2.24, 2.45) is 0 Å². The first kappa shape index (κ1) is 16.7. The second-order valence-electron chi connectivity index (χ2n) is 4.84. The van der Waals surface area contributed by atoms with Crippen molar-refractivity contribution in [3.63, 3.8) is 0 Å². The summed E-state index contributed by atoms with van der Waals surface area (Å²) in [5.74, 6) is 0.504. The molecule has 8 heteroatoms. The van der Waals surface area contributed by atoms with Crippen LogP contribution in [0.3, 0.4) is 0 Å². The van der Waals surface area contributed by atoms with Gasteiger partial charge >= 0.3 is 0 Å². The van der Waals surface area contributed by atoms with E-state index in [2.05, 4.69) is 0 Å². The number of hydrogen-bond acceptors (Lipinski definition) is 8. The molecule has 0 aliphatic carbocycles. The van der Waals surface area contributed by atoms with E-state index in [0.717, 1.165) is 0 Å². The Hall–Kier alpha value is -1.71. The van der Waals surface area contributed by atoms with Gasteiger partial charge in [-0.15, -0.1) is 0 Å². The Morgan fingerprint density at radius 3 is 2.55 bits per heavy atom. The fraction of sp³-hybridized carbons (Fsp3) is 0.500. The van der Waals surface area contributed by atoms with Crippen molar-refractivity contribution in [1.29, 1.82) is 0 Å². The Balaban J connectivity index is 2.17. The van der Waals surface area contributed by atoms with E-state index < -0.39 is 37.3 Å². The second-order valence-corrected chi connectivity index (χ2v) is 4.84. The summed E-state index contributed by atoms with van der Waals surface area (Å²) in [4.78, 5) is 10.8. The molecule has 0 saturated carbocycles. The molecule has 1 saturated heterocycles. The van der Waals surface area contributed by atoms with Gasteiger partial charge in [-0.1, -0.05) is 0 Å². The lowest BCUT2D eigenvalue weighted by Crippen LogP contribution is -2.60. The zero-order chi connectivity index (χ0) is 16.3. The maximum Gasteiger partial charge on any atom is 0.229 e. The van der Waals surface area contributed by atoms with Crippen LogP contribution in [0.1, 0.15) is 10.4 Å². The third kappa shape index (κ3) is 3.21. The van der Waals surface area contributed by atoms with Crippen LogP contribution in [0.5, 0.6) is 11.5 Å². The number of methoxy groups -OCH3 is 1. The zero-order valence-corrected chi connectivity index (χ0v) is 11.8. The summed E-state index contributed by atoms with van der Waals surface area (Å²) in [6, 6.07) is 4.35. The molecule has 1 aliphatic rings. The summed E-state index contributed by atoms with van der Waals surface area (Å²) >= 11 is 0. The van der Waals surface area contributed by atoms with E-state index in [1.807, 2.05) is 0 Å². The monoisotopic (exact) mass is 314 g/mol. The number of benzene rings is 1. The molecule has 4 N–H and O–H groups in total. The van der Waals surface area contributed by atoms with Gasteiger partial charge in [-0.2, -0.15) is 0 Å². The highest BCUT2D eigenvalue weighted by atomic mass is 16.7. The first-order chi connectivity index (χ1) is 10.5. The molecule has 0 unspecified atom stereocenters. The average Bonchev–Trinajstić information content (AvgIpc) is 2.55. The molecule has 0 radical (unpaired) electrons. The lowest BCUT2D eigenvalue weighted by Gasteiger charge is -2.39. The van der Waals surface area contributed by atoms with Crippen LogP contribution in [0.15, 0.2) is 18.2 Å². The minimum Gasteiger partial charge on any atom is -0.496 e. The van der Waals surface area contributed by atoms with Gasteiger partial charge in [0, 0.05) is 6.07 Å². The Bertz CT molecular complexity index is 518. The molecule has 0 aromatic heterocycles. The summed E-state index contributed by atoms with van der Waals surface area (Å²) in [6.45, 7) is -0.543. The van der Waals surface area contributed by atoms with E-state index in [4.69, 9.17) is 19.3 Å². The van der Waals surface area contributed by atoms with Gasteiger partial charge in [0.1, 0.15) is 35.9 Å². The number of carbonyl (C=O) groups excluding carboxylic acids is 1. The molecule has 0 bridgehead atoms. The third-order valence-electron chi connectivity index (χ3n) is 3.43. The van der Waals surface area contributed by atoms with E-state index in [-0.39, 0.29) is 11.5 Å². The van der Waals surface area contributed by atoms with Crippen LogP contribution in [0.2, 0.25) is 0 Å². The summed E-state index contributed by atoms with van der Waals surface area (Å²) in [5, 5.41) is 38.4. The minimum atomic E-state index is -1.52. The van der Waals surface area contributed by atoms with Crippen LogP contribution >= 0.6 is 0 Å². The molecule has 2 rings (SSSR count). The Morgan fingerprint density at radius 2 is 1.95 bits per heavy atom. The van der Waals surface area contributed by atoms with E-state index >= 15 is 0 Å². The minimum absolute atomic E-state index is 0.228. The van der Waals surface area contributed by atoms with Crippen molar-refractivity contribution in [3.05, 3.63) is 23.8 Å². The molecule has 122 valence electrons. The summed E-state index contributed by atoms with van der Waals surface area (Å²) in [5.41, 5.74) is 0.323. The molecule has 0 spiro atoms. The average molecular weight is 314 g/mol. The molecule has 1 fully saturated rings. The molecule has 0 amide bonds. The molecule has 5 atom stereocenters. The van der Waals surface area contributed by atoms with Gasteiger partial charge in [0.2, 0.25) is 6.29 Å². The van der Waals surface area contributed by atoms with Crippen molar-refractivity contribution in [2.45, 2.75) is 30.7 Å². The lowest BCUT2D eigenvalue weighted by atomic mass is 9.99. The number of aliphatic hydroxyl groups excluding tert-OH is 4. The standard InChI is InChI=1S/C14H18O8/c1-20-9-4-8(3-2-7(9)5-15)21-14-13(19)12(18)11(17)10(6-16)22-14/h2-5,10-14,16-19H,6H2,1H3/t10-,11+,12+,13-,14-/m1/s1. The maximum atomic E-state index is 10.8. The third-order valence-corrected chi connectivity index (χ3v) is 3.43. The van der Waals surface area contributed by atoms with Crippen LogP contribution in [-0.4, -0.2) is 71.1 Å². The first-order valence-electron chi connectivity index (χ1n) is 6.62. The fourth-order valence-corrected chi connectivity index (χ4v) is 2.16. The summed E-state index contributed by atoms with van der Waals surface area (Å²) < 4.78 is 15.7. The highest BCUT2D eigenvalue weighted by molar-refractivity contribution is 5.79. The van der Waals surface area contributed by atoms with Crippen LogP contribution < -0.4 is 9.47 Å². The van der Waals surface area contributed by atoms with Gasteiger partial charge in [0.15, 0.2) is 6.29 Å². The fourth-order valence-electron chi connectivity index (χ4n) is 2.16. The topological polar surface area (TPSA) is 126 Å². The normalized spacial score (nSPS) is 31.6. The number of carbonyl (C=O) groups is 1. The van der Waals surface area contributed by atoms with Crippen LogP contribution in [0, 0.1) is 0 Å². The van der Waals surface area contributed by atoms with E-state index in [9.17, 15) is 20.1 Å². The highest BCUT2D eigenvalue weighted by Gasteiger charge is 2.44. The molecule has 1 aromatic carbocycles. The molecular formula is C14H18O8. The number of ether oxygens (including phenoxy) is 3. The van der Waals surface area contributed by atoms with Gasteiger partial charge in [0.05, 0.1) is 19.3 Å². The van der Waals surface area contributed by atoms with Crippen molar-refractivity contribution >= 4 is 6.29 Å². The van der Waals surface area contributed by atoms with Gasteiger partial charge in [-0.05, 0) is 12.1 Å².